The molecule has 0 radical (unpaired) electrons. The zero-order valence-electron chi connectivity index (χ0n) is 15.5. The van der Waals surface area contributed by atoms with E-state index in [1.165, 1.54) is 30.0 Å². The van der Waals surface area contributed by atoms with E-state index in [2.05, 4.69) is 10.3 Å². The Bertz CT molecular complexity index is 953. The predicted molar refractivity (Wildman–Crippen MR) is 106 cm³/mol. The zero-order valence-corrected chi connectivity index (χ0v) is 17.1. The van der Waals surface area contributed by atoms with Gasteiger partial charge in [-0.15, -0.1) is 23.1 Å². The van der Waals surface area contributed by atoms with Crippen molar-refractivity contribution >= 4 is 57.6 Å². The molecule has 12 heteroatoms. The fourth-order valence-corrected chi connectivity index (χ4v) is 4.90. The second-order valence-electron chi connectivity index (χ2n) is 6.17. The number of β-lactam (4-membered cyclic amide) rings is 1. The average Bonchev–Trinajstić information content (AvgIpc) is 3.09. The molecular formula is C17H18N4O6S2. The fourth-order valence-electron chi connectivity index (χ4n) is 3.01. The lowest BCUT2D eigenvalue weighted by molar-refractivity contribution is -0.150. The minimum atomic E-state index is -1.29. The molecule has 0 aromatic carbocycles. The summed E-state index contributed by atoms with van der Waals surface area (Å²) in [4.78, 5) is 53.2. The van der Waals surface area contributed by atoms with Gasteiger partial charge >= 0.3 is 11.9 Å². The number of nitrogens with one attached hydrogen (secondary N) is 1. The molecule has 1 fully saturated rings. The van der Waals surface area contributed by atoms with Crippen molar-refractivity contribution in [1.29, 1.82) is 0 Å². The molecule has 2 aliphatic rings. The van der Waals surface area contributed by atoms with E-state index < -0.39 is 35.2 Å². The van der Waals surface area contributed by atoms with Gasteiger partial charge in [-0.05, 0) is 6.92 Å². The number of fused-ring (bicyclic) bond motifs is 1. The van der Waals surface area contributed by atoms with E-state index in [0.717, 1.165) is 4.90 Å². The Kier molecular flexibility index (Phi) is 5.94. The van der Waals surface area contributed by atoms with Crippen LogP contribution in [0.3, 0.4) is 0 Å². The lowest BCUT2D eigenvalue weighted by Crippen LogP contribution is -2.70. The molecule has 3 rings (SSSR count). The van der Waals surface area contributed by atoms with E-state index in [0.29, 0.717) is 16.4 Å². The normalized spacial score (nSPS) is 21.4. The third-order valence-corrected chi connectivity index (χ3v) is 6.33. The van der Waals surface area contributed by atoms with Crippen LogP contribution in [0.25, 0.3) is 5.57 Å². The number of thiazole rings is 1. The van der Waals surface area contributed by atoms with Crippen LogP contribution in [0.1, 0.15) is 19.5 Å². The summed E-state index contributed by atoms with van der Waals surface area (Å²) in [5.41, 5.74) is 6.42. The number of hydrogen-bond acceptors (Lipinski definition) is 9. The number of thioether (sulfide) groups is 1. The number of allylic oxidation sites excluding steroid dienone is 1. The lowest BCUT2D eigenvalue weighted by Gasteiger charge is -2.49. The zero-order chi connectivity index (χ0) is 21.3. The fraction of sp³-hybridized carbons (Fsp3) is 0.353. The highest BCUT2D eigenvalue weighted by atomic mass is 32.2. The Hall–Kier alpha value is -2.86. The molecule has 0 aliphatic carbocycles. The van der Waals surface area contributed by atoms with Crippen LogP contribution >= 0.6 is 23.1 Å². The van der Waals surface area contributed by atoms with E-state index in [4.69, 9.17) is 10.5 Å². The minimum Gasteiger partial charge on any atom is -0.477 e. The van der Waals surface area contributed by atoms with E-state index in [1.807, 2.05) is 0 Å². The molecule has 0 spiro atoms. The number of rotatable bonds is 6. The van der Waals surface area contributed by atoms with Crippen LogP contribution in [0.2, 0.25) is 0 Å². The van der Waals surface area contributed by atoms with Crippen LogP contribution in [0, 0.1) is 0 Å². The van der Waals surface area contributed by atoms with Crippen molar-refractivity contribution in [2.45, 2.75) is 25.3 Å². The van der Waals surface area contributed by atoms with E-state index in [9.17, 15) is 24.3 Å². The van der Waals surface area contributed by atoms with Crippen LogP contribution in [0.15, 0.2) is 22.7 Å². The number of anilines is 1. The summed E-state index contributed by atoms with van der Waals surface area (Å²) in [7, 11) is 0. The molecule has 1 saturated heterocycles. The number of nitrogens with zero attached hydrogens (tertiary/aromatic N) is 2. The van der Waals surface area contributed by atoms with Crippen LogP contribution < -0.4 is 11.1 Å². The number of carbonyl (C=O) groups is 4. The number of carbonyl (C=O) groups excluding carboxylic acids is 3. The maximum atomic E-state index is 12.6. The molecule has 3 heterocycles. The highest BCUT2D eigenvalue weighted by Gasteiger charge is 2.54. The molecule has 10 nitrogen and oxygen atoms in total. The molecule has 154 valence electrons. The number of carboxylic acids is 1. The molecule has 0 bridgehead atoms. The maximum Gasteiger partial charge on any atom is 0.352 e. The van der Waals surface area contributed by atoms with Gasteiger partial charge in [-0.3, -0.25) is 19.3 Å². The van der Waals surface area contributed by atoms with Gasteiger partial charge in [0.15, 0.2) is 5.13 Å². The first kappa shape index (κ1) is 20.9. The number of hydrogen-bond donors (Lipinski definition) is 3. The Morgan fingerprint density at radius 2 is 2.21 bits per heavy atom. The number of ether oxygens (including phenoxy) is 1. The molecule has 0 saturated carbocycles. The molecule has 2 amide bonds. The second-order valence-corrected chi connectivity index (χ2v) is 8.17. The van der Waals surface area contributed by atoms with Crippen LogP contribution in [0.4, 0.5) is 5.13 Å². The minimum absolute atomic E-state index is 0.203. The highest BCUT2D eigenvalue weighted by Crippen LogP contribution is 2.40. The molecule has 1 aromatic rings. The third kappa shape index (κ3) is 3.98. The lowest BCUT2D eigenvalue weighted by atomic mass is 10.0. The number of aromatic nitrogens is 1. The summed E-state index contributed by atoms with van der Waals surface area (Å²) in [6, 6.07) is -0.872. The van der Waals surface area contributed by atoms with Crippen molar-refractivity contribution in [3.05, 3.63) is 28.4 Å². The molecule has 4 N–H and O–H groups in total. The van der Waals surface area contributed by atoms with Crippen molar-refractivity contribution in [3.8, 4) is 0 Å². The smallest absolute Gasteiger partial charge is 0.352 e. The van der Waals surface area contributed by atoms with Crippen molar-refractivity contribution in [2.75, 3.05) is 18.1 Å². The molecule has 1 unspecified atom stereocenters. The van der Waals surface area contributed by atoms with Gasteiger partial charge in [0.2, 0.25) is 0 Å². The summed E-state index contributed by atoms with van der Waals surface area (Å²) in [5.74, 6) is -2.61. The van der Waals surface area contributed by atoms with Gasteiger partial charge in [0.1, 0.15) is 23.7 Å². The number of esters is 1. The summed E-state index contributed by atoms with van der Waals surface area (Å²) in [6.45, 7) is 2.68. The number of aliphatic carboxylic acids is 1. The SMILES string of the molecule is CC=C(C(=O)NC1C(=O)N2C(C(=O)O)=C(COC(C)=O)CS[C@@H]12)c1csc(N)n1. The van der Waals surface area contributed by atoms with E-state index in [1.54, 1.807) is 18.4 Å². The first-order valence-electron chi connectivity index (χ1n) is 8.46. The Balaban J connectivity index is 1.76. The number of carboxylic acid groups (broad SMARTS) is 1. The summed E-state index contributed by atoms with van der Waals surface area (Å²) in [6.07, 6.45) is 1.57. The van der Waals surface area contributed by atoms with Gasteiger partial charge in [0, 0.05) is 23.6 Å². The molecule has 2 atom stereocenters. The van der Waals surface area contributed by atoms with Crippen LogP contribution in [0.5, 0.6) is 0 Å². The molecular weight excluding hydrogens is 420 g/mol. The number of nitrogen functional groups attached to an aromatic ring is 1. The van der Waals surface area contributed by atoms with E-state index >= 15 is 0 Å². The van der Waals surface area contributed by atoms with Gasteiger partial charge < -0.3 is 20.9 Å². The van der Waals surface area contributed by atoms with Gasteiger partial charge in [0.05, 0.1) is 11.3 Å². The van der Waals surface area contributed by atoms with Crippen molar-refractivity contribution in [2.24, 2.45) is 0 Å². The van der Waals surface area contributed by atoms with Gasteiger partial charge in [-0.25, -0.2) is 9.78 Å². The quantitative estimate of drug-likeness (QED) is 0.326. The first-order valence-corrected chi connectivity index (χ1v) is 10.4. The van der Waals surface area contributed by atoms with E-state index in [-0.39, 0.29) is 23.6 Å². The van der Waals surface area contributed by atoms with Crippen LogP contribution in [-0.4, -0.2) is 62.5 Å². The van der Waals surface area contributed by atoms with Crippen molar-refractivity contribution in [1.82, 2.24) is 15.2 Å². The Labute approximate surface area is 173 Å². The topological polar surface area (TPSA) is 152 Å². The van der Waals surface area contributed by atoms with Crippen molar-refractivity contribution in [3.63, 3.8) is 0 Å². The maximum absolute atomic E-state index is 12.6. The predicted octanol–water partition coefficient (Wildman–Crippen LogP) is 0.430. The summed E-state index contributed by atoms with van der Waals surface area (Å²) < 4.78 is 4.89. The largest absolute Gasteiger partial charge is 0.477 e. The second kappa shape index (κ2) is 8.25. The van der Waals surface area contributed by atoms with Gasteiger partial charge in [-0.1, -0.05) is 6.08 Å². The van der Waals surface area contributed by atoms with Gasteiger partial charge in [-0.2, -0.15) is 0 Å². The Morgan fingerprint density at radius 3 is 2.76 bits per heavy atom. The average molecular weight is 438 g/mol. The van der Waals surface area contributed by atoms with Gasteiger partial charge in [0.25, 0.3) is 11.8 Å². The third-order valence-electron chi connectivity index (χ3n) is 4.32. The standard InChI is InChI=1S/C17H18N4O6S2/c1-3-9(10-6-29-17(18)19-10)13(23)20-11-14(24)21-12(16(25)26)8(4-27-7(2)22)5-28-15(11)21/h3,6,11,15H,4-5H2,1-2H3,(H2,18,19)(H,20,23)(H,25,26)/t11?,15-/m0/s1. The first-order chi connectivity index (χ1) is 13.7. The van der Waals surface area contributed by atoms with Crippen LogP contribution in [-0.2, 0) is 23.9 Å². The molecule has 29 heavy (non-hydrogen) atoms. The summed E-state index contributed by atoms with van der Waals surface area (Å²) >= 11 is 2.48. The molecule has 1 aromatic heterocycles. The monoisotopic (exact) mass is 438 g/mol. The number of nitrogens with two attached hydrogens (primary N) is 1. The number of amides is 2. The van der Waals surface area contributed by atoms with Crippen molar-refractivity contribution < 1.29 is 29.0 Å². The Morgan fingerprint density at radius 1 is 1.48 bits per heavy atom. The molecule has 2 aliphatic heterocycles. The summed E-state index contributed by atoms with van der Waals surface area (Å²) in [5, 5.41) is 13.6. The highest BCUT2D eigenvalue weighted by molar-refractivity contribution is 8.00.